The van der Waals surface area contributed by atoms with E-state index in [4.69, 9.17) is 9.47 Å². The summed E-state index contributed by atoms with van der Waals surface area (Å²) in [4.78, 5) is 0. The highest BCUT2D eigenvalue weighted by molar-refractivity contribution is 5.38. The van der Waals surface area contributed by atoms with E-state index < -0.39 is 0 Å². The van der Waals surface area contributed by atoms with Crippen molar-refractivity contribution in [2.45, 2.75) is 32.1 Å². The van der Waals surface area contributed by atoms with Gasteiger partial charge in [0.15, 0.2) is 0 Å². The molecule has 2 aromatic rings. The monoisotopic (exact) mass is 314 g/mol. The van der Waals surface area contributed by atoms with Crippen LogP contribution in [0.25, 0.3) is 0 Å². The number of hydrogen-bond donors (Lipinski definition) is 1. The van der Waals surface area contributed by atoms with E-state index in [-0.39, 0.29) is 6.61 Å². The summed E-state index contributed by atoms with van der Waals surface area (Å²) in [6.07, 6.45) is 2.64. The van der Waals surface area contributed by atoms with Gasteiger partial charge in [-0.15, -0.1) is 0 Å². The van der Waals surface area contributed by atoms with E-state index in [1.54, 1.807) is 14.2 Å². The van der Waals surface area contributed by atoms with Crippen molar-refractivity contribution >= 4 is 0 Å². The van der Waals surface area contributed by atoms with E-state index in [0.29, 0.717) is 5.92 Å². The minimum absolute atomic E-state index is 0.189. The summed E-state index contributed by atoms with van der Waals surface area (Å²) in [6.45, 7) is 2.35. The summed E-state index contributed by atoms with van der Waals surface area (Å²) in [5.74, 6) is 2.05. The largest absolute Gasteiger partial charge is 0.497 e. The maximum Gasteiger partial charge on any atom is 0.119 e. The predicted octanol–water partition coefficient (Wildman–Crippen LogP) is 3.97. The first kappa shape index (κ1) is 17.4. The van der Waals surface area contributed by atoms with Crippen molar-refractivity contribution in [3.8, 4) is 11.5 Å². The van der Waals surface area contributed by atoms with Gasteiger partial charge in [0, 0.05) is 6.61 Å². The SMILES string of the molecule is CCc1cc(OC)ccc1C[C@H](CCO)c1ccc(OC)cc1. The summed E-state index contributed by atoms with van der Waals surface area (Å²) >= 11 is 0. The molecule has 0 saturated carbocycles. The van der Waals surface area contributed by atoms with Crippen LogP contribution in [0.5, 0.6) is 11.5 Å². The lowest BCUT2D eigenvalue weighted by atomic mass is 9.87. The Labute approximate surface area is 138 Å². The van der Waals surface area contributed by atoms with Gasteiger partial charge in [-0.25, -0.2) is 0 Å². The van der Waals surface area contributed by atoms with E-state index in [9.17, 15) is 5.11 Å². The molecule has 0 aliphatic carbocycles. The Balaban J connectivity index is 2.24. The third kappa shape index (κ3) is 4.49. The van der Waals surface area contributed by atoms with Crippen LogP contribution in [0.2, 0.25) is 0 Å². The number of aliphatic hydroxyl groups is 1. The van der Waals surface area contributed by atoms with Gasteiger partial charge in [0.1, 0.15) is 11.5 Å². The Morgan fingerprint density at radius 3 is 2.13 bits per heavy atom. The smallest absolute Gasteiger partial charge is 0.119 e. The topological polar surface area (TPSA) is 38.7 Å². The van der Waals surface area contributed by atoms with Gasteiger partial charge in [0.2, 0.25) is 0 Å². The van der Waals surface area contributed by atoms with Crippen molar-refractivity contribution in [3.63, 3.8) is 0 Å². The van der Waals surface area contributed by atoms with E-state index in [2.05, 4.69) is 31.2 Å². The molecule has 0 aliphatic rings. The number of ether oxygens (including phenoxy) is 2. The standard InChI is InChI=1S/C20H26O3/c1-4-15-14-20(23-3)10-7-17(15)13-18(11-12-21)16-5-8-19(22-2)9-6-16/h5-10,14,18,21H,4,11-13H2,1-3H3/t18-/m0/s1. The molecule has 2 aromatic carbocycles. The summed E-state index contributed by atoms with van der Waals surface area (Å²) in [6, 6.07) is 14.4. The Morgan fingerprint density at radius 1 is 0.913 bits per heavy atom. The molecule has 0 aliphatic heterocycles. The molecule has 0 saturated heterocycles. The lowest BCUT2D eigenvalue weighted by Crippen LogP contribution is -2.07. The fourth-order valence-electron chi connectivity index (χ4n) is 2.94. The molecular weight excluding hydrogens is 288 g/mol. The van der Waals surface area contributed by atoms with Crippen LogP contribution < -0.4 is 9.47 Å². The average molecular weight is 314 g/mol. The van der Waals surface area contributed by atoms with Crippen molar-refractivity contribution < 1.29 is 14.6 Å². The molecule has 0 bridgehead atoms. The van der Waals surface area contributed by atoms with Crippen LogP contribution in [-0.2, 0) is 12.8 Å². The average Bonchev–Trinajstić information content (AvgIpc) is 2.61. The molecule has 3 nitrogen and oxygen atoms in total. The highest BCUT2D eigenvalue weighted by Crippen LogP contribution is 2.29. The summed E-state index contributed by atoms with van der Waals surface area (Å²) < 4.78 is 10.5. The van der Waals surface area contributed by atoms with Gasteiger partial charge in [0.25, 0.3) is 0 Å². The van der Waals surface area contributed by atoms with E-state index in [0.717, 1.165) is 30.8 Å². The molecule has 0 fully saturated rings. The van der Waals surface area contributed by atoms with Gasteiger partial charge < -0.3 is 14.6 Å². The van der Waals surface area contributed by atoms with Crippen LogP contribution >= 0.6 is 0 Å². The molecule has 0 spiro atoms. The van der Waals surface area contributed by atoms with Crippen LogP contribution in [0.1, 0.15) is 36.0 Å². The Kier molecular flexibility index (Phi) is 6.48. The fraction of sp³-hybridized carbons (Fsp3) is 0.400. The zero-order valence-electron chi connectivity index (χ0n) is 14.2. The zero-order chi connectivity index (χ0) is 16.7. The lowest BCUT2D eigenvalue weighted by Gasteiger charge is -2.19. The Hall–Kier alpha value is -2.00. The predicted molar refractivity (Wildman–Crippen MR) is 93.5 cm³/mol. The molecular formula is C20H26O3. The molecule has 2 rings (SSSR count). The quantitative estimate of drug-likeness (QED) is 0.801. The first-order chi connectivity index (χ1) is 11.2. The Morgan fingerprint density at radius 2 is 1.57 bits per heavy atom. The molecule has 23 heavy (non-hydrogen) atoms. The highest BCUT2D eigenvalue weighted by atomic mass is 16.5. The molecule has 0 aromatic heterocycles. The van der Waals surface area contributed by atoms with E-state index in [1.165, 1.54) is 16.7 Å². The van der Waals surface area contributed by atoms with Gasteiger partial charge in [-0.1, -0.05) is 25.1 Å². The van der Waals surface area contributed by atoms with E-state index >= 15 is 0 Å². The van der Waals surface area contributed by atoms with Crippen LogP contribution in [0.4, 0.5) is 0 Å². The number of rotatable bonds is 8. The second-order valence-corrected chi connectivity index (χ2v) is 5.67. The van der Waals surface area contributed by atoms with Gasteiger partial charge >= 0.3 is 0 Å². The molecule has 0 unspecified atom stereocenters. The van der Waals surface area contributed by atoms with Crippen LogP contribution in [0.15, 0.2) is 42.5 Å². The molecule has 124 valence electrons. The maximum atomic E-state index is 9.44. The number of hydrogen-bond acceptors (Lipinski definition) is 3. The Bertz CT molecular complexity index is 605. The first-order valence-electron chi connectivity index (χ1n) is 8.12. The molecule has 1 atom stereocenters. The second kappa shape index (κ2) is 8.59. The van der Waals surface area contributed by atoms with Crippen molar-refractivity contribution in [2.24, 2.45) is 0 Å². The van der Waals surface area contributed by atoms with Crippen LogP contribution in [-0.4, -0.2) is 25.9 Å². The van der Waals surface area contributed by atoms with E-state index in [1.807, 2.05) is 18.2 Å². The number of aryl methyl sites for hydroxylation is 1. The zero-order valence-corrected chi connectivity index (χ0v) is 14.2. The number of methoxy groups -OCH3 is 2. The van der Waals surface area contributed by atoms with Gasteiger partial charge in [-0.3, -0.25) is 0 Å². The molecule has 1 N–H and O–H groups in total. The minimum atomic E-state index is 0.189. The van der Waals surface area contributed by atoms with Crippen molar-refractivity contribution in [2.75, 3.05) is 20.8 Å². The first-order valence-corrected chi connectivity index (χ1v) is 8.12. The van der Waals surface area contributed by atoms with Crippen LogP contribution in [0.3, 0.4) is 0 Å². The summed E-state index contributed by atoms with van der Waals surface area (Å²) in [7, 11) is 3.37. The summed E-state index contributed by atoms with van der Waals surface area (Å²) in [5, 5.41) is 9.44. The van der Waals surface area contributed by atoms with Gasteiger partial charge in [0.05, 0.1) is 14.2 Å². The highest BCUT2D eigenvalue weighted by Gasteiger charge is 2.14. The summed E-state index contributed by atoms with van der Waals surface area (Å²) in [5.41, 5.74) is 3.86. The minimum Gasteiger partial charge on any atom is -0.497 e. The molecule has 3 heteroatoms. The lowest BCUT2D eigenvalue weighted by molar-refractivity contribution is 0.275. The fourth-order valence-corrected chi connectivity index (χ4v) is 2.94. The molecule has 0 amide bonds. The van der Waals surface area contributed by atoms with Crippen LogP contribution in [0, 0.1) is 0 Å². The molecule has 0 radical (unpaired) electrons. The van der Waals surface area contributed by atoms with Gasteiger partial charge in [-0.2, -0.15) is 0 Å². The number of benzene rings is 2. The van der Waals surface area contributed by atoms with Crippen molar-refractivity contribution in [1.29, 1.82) is 0 Å². The normalized spacial score (nSPS) is 12.0. The maximum absolute atomic E-state index is 9.44. The second-order valence-electron chi connectivity index (χ2n) is 5.67. The van der Waals surface area contributed by atoms with Crippen molar-refractivity contribution in [3.05, 3.63) is 59.2 Å². The number of aliphatic hydroxyl groups excluding tert-OH is 1. The molecule has 0 heterocycles. The third-order valence-electron chi connectivity index (χ3n) is 4.33. The van der Waals surface area contributed by atoms with Gasteiger partial charge in [-0.05, 0) is 66.1 Å². The third-order valence-corrected chi connectivity index (χ3v) is 4.33. The van der Waals surface area contributed by atoms with Crippen molar-refractivity contribution in [1.82, 2.24) is 0 Å².